The van der Waals surface area contributed by atoms with Gasteiger partial charge in [-0.15, -0.1) is 0 Å². The first-order valence-electron chi connectivity index (χ1n) is 6.16. The molecule has 100 valence electrons. The van der Waals surface area contributed by atoms with Crippen LogP contribution in [0.15, 0.2) is 18.2 Å². The molecule has 1 fully saturated rings. The minimum atomic E-state index is -3.52. The monoisotopic (exact) mass is 306 g/mol. The fourth-order valence-corrected chi connectivity index (χ4v) is 3.92. The smallest absolute Gasteiger partial charge is 0.212 e. The summed E-state index contributed by atoms with van der Waals surface area (Å²) in [5.41, 5.74) is 1.79. The van der Waals surface area contributed by atoms with Crippen LogP contribution in [0.2, 0.25) is 5.02 Å². The minimum Gasteiger partial charge on any atom is -0.212 e. The second kappa shape index (κ2) is 5.81. The van der Waals surface area contributed by atoms with E-state index in [0.29, 0.717) is 16.5 Å². The van der Waals surface area contributed by atoms with E-state index < -0.39 is 9.05 Å². The summed E-state index contributed by atoms with van der Waals surface area (Å²) < 4.78 is 22.0. The van der Waals surface area contributed by atoms with Crippen molar-refractivity contribution in [3.8, 4) is 0 Å². The molecule has 5 heteroatoms. The van der Waals surface area contributed by atoms with Crippen molar-refractivity contribution in [2.75, 3.05) is 0 Å². The molecule has 0 radical (unpaired) electrons. The van der Waals surface area contributed by atoms with E-state index in [1.165, 1.54) is 32.1 Å². The molecule has 1 aliphatic rings. The average Bonchev–Trinajstić information content (AvgIpc) is 2.28. The van der Waals surface area contributed by atoms with Gasteiger partial charge in [-0.1, -0.05) is 43.0 Å². The number of hydrogen-bond acceptors (Lipinski definition) is 2. The molecule has 2 rings (SSSR count). The molecule has 0 unspecified atom stereocenters. The first-order chi connectivity index (χ1) is 8.46. The van der Waals surface area contributed by atoms with Crippen molar-refractivity contribution in [2.45, 2.75) is 43.8 Å². The van der Waals surface area contributed by atoms with Crippen molar-refractivity contribution in [3.05, 3.63) is 34.3 Å². The lowest BCUT2D eigenvalue weighted by Gasteiger charge is -2.23. The van der Waals surface area contributed by atoms with Crippen LogP contribution in [-0.4, -0.2) is 8.42 Å². The van der Waals surface area contributed by atoms with E-state index in [4.69, 9.17) is 22.3 Å². The zero-order chi connectivity index (χ0) is 13.2. The normalized spacial score (nSPS) is 17.9. The summed E-state index contributed by atoms with van der Waals surface area (Å²) >= 11 is 6.25. The maximum absolute atomic E-state index is 11.0. The Balaban J connectivity index is 2.19. The summed E-state index contributed by atoms with van der Waals surface area (Å²) in [6.45, 7) is 0. The maximum atomic E-state index is 11.0. The largest absolute Gasteiger partial charge is 0.236 e. The summed E-state index contributed by atoms with van der Waals surface area (Å²) in [6.07, 6.45) is 6.15. The Kier molecular flexibility index (Phi) is 4.57. The van der Waals surface area contributed by atoms with Gasteiger partial charge in [-0.2, -0.15) is 0 Å². The van der Waals surface area contributed by atoms with E-state index in [9.17, 15) is 8.42 Å². The molecule has 1 saturated carbocycles. The van der Waals surface area contributed by atoms with Gasteiger partial charge < -0.3 is 0 Å². The van der Waals surface area contributed by atoms with Gasteiger partial charge in [0.05, 0.1) is 5.75 Å². The minimum absolute atomic E-state index is 0.167. The highest BCUT2D eigenvalue weighted by molar-refractivity contribution is 8.13. The molecular weight excluding hydrogens is 291 g/mol. The molecule has 0 amide bonds. The molecule has 1 aromatic rings. The van der Waals surface area contributed by atoms with Crippen molar-refractivity contribution < 1.29 is 8.42 Å². The Morgan fingerprint density at radius 3 is 2.39 bits per heavy atom. The Morgan fingerprint density at radius 2 is 1.83 bits per heavy atom. The van der Waals surface area contributed by atoms with Crippen LogP contribution in [0.3, 0.4) is 0 Å². The highest BCUT2D eigenvalue weighted by Gasteiger charge is 2.18. The van der Waals surface area contributed by atoms with Gasteiger partial charge in [-0.3, -0.25) is 0 Å². The Bertz CT molecular complexity index is 520. The van der Waals surface area contributed by atoms with Crippen LogP contribution < -0.4 is 0 Å². The molecule has 0 saturated heterocycles. The van der Waals surface area contributed by atoms with E-state index in [0.717, 1.165) is 5.56 Å². The first-order valence-corrected chi connectivity index (χ1v) is 9.02. The molecule has 0 aromatic heterocycles. The summed E-state index contributed by atoms with van der Waals surface area (Å²) in [5, 5.41) is 0.666. The lowest BCUT2D eigenvalue weighted by atomic mass is 9.84. The number of rotatable bonds is 3. The molecule has 0 spiro atoms. The van der Waals surface area contributed by atoms with E-state index in [1.54, 1.807) is 6.07 Å². The van der Waals surface area contributed by atoms with Gasteiger partial charge in [-0.05, 0) is 36.0 Å². The maximum Gasteiger partial charge on any atom is 0.236 e. The van der Waals surface area contributed by atoms with Gasteiger partial charge in [0, 0.05) is 15.7 Å². The molecule has 0 N–H and O–H groups in total. The van der Waals surface area contributed by atoms with E-state index in [2.05, 4.69) is 0 Å². The zero-order valence-electron chi connectivity index (χ0n) is 10.0. The summed E-state index contributed by atoms with van der Waals surface area (Å²) in [4.78, 5) is 0. The van der Waals surface area contributed by atoms with Crippen LogP contribution in [0.5, 0.6) is 0 Å². The molecule has 0 aliphatic heterocycles. The van der Waals surface area contributed by atoms with Gasteiger partial charge >= 0.3 is 0 Å². The fraction of sp³-hybridized carbons (Fsp3) is 0.538. The third-order valence-electron chi connectivity index (χ3n) is 3.45. The second-order valence-electron chi connectivity index (χ2n) is 4.87. The van der Waals surface area contributed by atoms with Gasteiger partial charge in [0.15, 0.2) is 0 Å². The summed E-state index contributed by atoms with van der Waals surface area (Å²) in [6, 6.07) is 5.50. The molecule has 0 bridgehead atoms. The van der Waals surface area contributed by atoms with E-state index in [1.807, 2.05) is 12.1 Å². The predicted molar refractivity (Wildman–Crippen MR) is 75.8 cm³/mol. The second-order valence-corrected chi connectivity index (χ2v) is 8.06. The van der Waals surface area contributed by atoms with Gasteiger partial charge in [-0.25, -0.2) is 8.42 Å². The Hall–Kier alpha value is -0.250. The standard InChI is InChI=1S/C13H16Cl2O2S/c14-13-8-10(9-18(15,16)17)6-7-12(13)11-4-2-1-3-5-11/h6-8,11H,1-5,9H2. The van der Waals surface area contributed by atoms with Gasteiger partial charge in [0.25, 0.3) is 0 Å². The molecule has 0 heterocycles. The average molecular weight is 307 g/mol. The first kappa shape index (κ1) is 14.2. The molecule has 1 aromatic carbocycles. The van der Waals surface area contributed by atoms with Crippen molar-refractivity contribution in [2.24, 2.45) is 0 Å². The molecular formula is C13H16Cl2O2S. The SMILES string of the molecule is O=S(=O)(Cl)Cc1ccc(C2CCCCC2)c(Cl)c1. The highest BCUT2D eigenvalue weighted by Crippen LogP contribution is 2.36. The van der Waals surface area contributed by atoms with Crippen LogP contribution >= 0.6 is 22.3 Å². The number of hydrogen-bond donors (Lipinski definition) is 0. The van der Waals surface area contributed by atoms with Crippen molar-refractivity contribution in [1.29, 1.82) is 0 Å². The van der Waals surface area contributed by atoms with Crippen LogP contribution in [-0.2, 0) is 14.8 Å². The zero-order valence-corrected chi connectivity index (χ0v) is 12.4. The Morgan fingerprint density at radius 1 is 1.17 bits per heavy atom. The summed E-state index contributed by atoms with van der Waals surface area (Å²) in [5.74, 6) is 0.354. The molecule has 1 aliphatic carbocycles. The quantitative estimate of drug-likeness (QED) is 0.773. The lowest BCUT2D eigenvalue weighted by molar-refractivity contribution is 0.443. The van der Waals surface area contributed by atoms with E-state index in [-0.39, 0.29) is 5.75 Å². The van der Waals surface area contributed by atoms with Crippen molar-refractivity contribution in [1.82, 2.24) is 0 Å². The van der Waals surface area contributed by atoms with Crippen LogP contribution in [0.1, 0.15) is 49.1 Å². The fourth-order valence-electron chi connectivity index (χ4n) is 2.60. The van der Waals surface area contributed by atoms with Crippen molar-refractivity contribution in [3.63, 3.8) is 0 Å². The lowest BCUT2D eigenvalue weighted by Crippen LogP contribution is -2.05. The molecule has 18 heavy (non-hydrogen) atoms. The third-order valence-corrected chi connectivity index (χ3v) is 4.78. The van der Waals surface area contributed by atoms with Crippen LogP contribution in [0.4, 0.5) is 0 Å². The van der Waals surface area contributed by atoms with E-state index >= 15 is 0 Å². The highest BCUT2D eigenvalue weighted by atomic mass is 35.7. The number of benzene rings is 1. The van der Waals surface area contributed by atoms with Crippen LogP contribution in [0.25, 0.3) is 0 Å². The van der Waals surface area contributed by atoms with Crippen molar-refractivity contribution >= 4 is 31.3 Å². The summed E-state index contributed by atoms with van der Waals surface area (Å²) in [7, 11) is 1.72. The van der Waals surface area contributed by atoms with Gasteiger partial charge in [0.2, 0.25) is 9.05 Å². The number of halogens is 2. The third kappa shape index (κ3) is 3.87. The van der Waals surface area contributed by atoms with Crippen LogP contribution in [0, 0.1) is 0 Å². The Labute approximate surface area is 118 Å². The molecule has 2 nitrogen and oxygen atoms in total. The van der Waals surface area contributed by atoms with Gasteiger partial charge in [0.1, 0.15) is 0 Å². The molecule has 0 atom stereocenters. The topological polar surface area (TPSA) is 34.1 Å². The predicted octanol–water partition coefficient (Wildman–Crippen LogP) is 4.46.